The lowest BCUT2D eigenvalue weighted by molar-refractivity contribution is -0.274. The van der Waals surface area contributed by atoms with Gasteiger partial charge in [-0.1, -0.05) is 0 Å². The van der Waals surface area contributed by atoms with Gasteiger partial charge in [0.15, 0.2) is 0 Å². The van der Waals surface area contributed by atoms with E-state index in [1.807, 2.05) is 34.7 Å². The highest BCUT2D eigenvalue weighted by atomic mass is 16.7. The van der Waals surface area contributed by atoms with Crippen molar-refractivity contribution in [3.63, 3.8) is 0 Å². The van der Waals surface area contributed by atoms with E-state index in [9.17, 15) is 0 Å². The molecule has 4 atom stereocenters. The van der Waals surface area contributed by atoms with Gasteiger partial charge < -0.3 is 14.2 Å². The van der Waals surface area contributed by atoms with Gasteiger partial charge in [0.25, 0.3) is 0 Å². The third-order valence-corrected chi connectivity index (χ3v) is 3.38. The third-order valence-electron chi connectivity index (χ3n) is 3.38. The molecule has 2 bridgehead atoms. The van der Waals surface area contributed by atoms with E-state index in [1.165, 1.54) is 0 Å². The van der Waals surface area contributed by atoms with Gasteiger partial charge in [-0.25, -0.2) is 0 Å². The second-order valence-corrected chi connectivity index (χ2v) is 5.97. The molecule has 2 fully saturated rings. The number of nitrogens with zero attached hydrogens (tertiary/aromatic N) is 1. The van der Waals surface area contributed by atoms with Gasteiger partial charge in [-0.15, -0.1) is 0 Å². The maximum absolute atomic E-state index is 6.03. The van der Waals surface area contributed by atoms with Crippen LogP contribution in [-0.2, 0) is 19.0 Å². The molecule has 0 aromatic carbocycles. The molecule has 19 heavy (non-hydrogen) atoms. The highest BCUT2D eigenvalue weighted by Crippen LogP contribution is 2.40. The first kappa shape index (κ1) is 15.3. The normalized spacial score (nSPS) is 39.4. The molecule has 2 radical (unpaired) electrons. The van der Waals surface area contributed by atoms with Crippen molar-refractivity contribution in [2.24, 2.45) is 0 Å². The summed E-state index contributed by atoms with van der Waals surface area (Å²) in [6.07, 6.45) is -0.248. The monoisotopic (exact) mass is 269 g/mol. The zero-order valence-corrected chi connectivity index (χ0v) is 12.5. The summed E-state index contributed by atoms with van der Waals surface area (Å²) in [5, 5.41) is 1.77. The molecule has 6 heteroatoms. The van der Waals surface area contributed by atoms with Crippen molar-refractivity contribution in [1.82, 2.24) is 5.06 Å². The van der Waals surface area contributed by atoms with Crippen LogP contribution in [0.1, 0.15) is 27.7 Å². The van der Waals surface area contributed by atoms with E-state index in [4.69, 9.17) is 26.9 Å². The Morgan fingerprint density at radius 3 is 2.58 bits per heavy atom. The van der Waals surface area contributed by atoms with E-state index >= 15 is 0 Å². The molecule has 0 aromatic heterocycles. The number of likely N-dealkylation sites (N-methyl/N-ethyl adjacent to an activating group) is 1. The molecule has 0 spiro atoms. The van der Waals surface area contributed by atoms with E-state index in [0.29, 0.717) is 13.2 Å². The molecule has 2 heterocycles. The number of hydrogen-bond acceptors (Lipinski definition) is 5. The maximum atomic E-state index is 6.03. The van der Waals surface area contributed by atoms with Crippen LogP contribution in [-0.4, -0.2) is 69.1 Å². The van der Waals surface area contributed by atoms with Crippen LogP contribution in [0.25, 0.3) is 0 Å². The molecule has 2 aliphatic rings. The average Bonchev–Trinajstić information content (AvgIpc) is 2.44. The van der Waals surface area contributed by atoms with Gasteiger partial charge in [0.05, 0.1) is 25.4 Å². The van der Waals surface area contributed by atoms with Gasteiger partial charge in [0.2, 0.25) is 0 Å². The fourth-order valence-electron chi connectivity index (χ4n) is 2.71. The molecule has 2 rings (SSSR count). The highest BCUT2D eigenvalue weighted by molar-refractivity contribution is 6.11. The van der Waals surface area contributed by atoms with Gasteiger partial charge >= 0.3 is 0 Å². The molecule has 0 amide bonds. The molecule has 0 aromatic rings. The fraction of sp³-hybridized carbons (Fsp3) is 1.00. The summed E-state index contributed by atoms with van der Waals surface area (Å²) in [4.78, 5) is 5.74. The summed E-state index contributed by atoms with van der Waals surface area (Å²) in [7, 11) is 7.91. The SMILES string of the molecule is [B][C@@H]1O[C@]2(COC(C)C)CN(C)O[C@H]1C2OC(C)C. The van der Waals surface area contributed by atoms with Gasteiger partial charge in [0.1, 0.15) is 25.7 Å². The first-order chi connectivity index (χ1) is 8.84. The summed E-state index contributed by atoms with van der Waals surface area (Å²) in [6.45, 7) is 9.05. The molecule has 2 saturated heterocycles. The Morgan fingerprint density at radius 2 is 2.00 bits per heavy atom. The summed E-state index contributed by atoms with van der Waals surface area (Å²) < 4.78 is 17.7. The molecule has 5 nitrogen and oxygen atoms in total. The van der Waals surface area contributed by atoms with Crippen LogP contribution in [0.3, 0.4) is 0 Å². The summed E-state index contributed by atoms with van der Waals surface area (Å²) in [5.74, 6) is 0. The van der Waals surface area contributed by atoms with E-state index in [0.717, 1.165) is 0 Å². The van der Waals surface area contributed by atoms with E-state index < -0.39 is 11.6 Å². The predicted octanol–water partition coefficient (Wildman–Crippen LogP) is 0.714. The van der Waals surface area contributed by atoms with Crippen molar-refractivity contribution < 1.29 is 19.0 Å². The minimum atomic E-state index is -0.550. The highest BCUT2D eigenvalue weighted by Gasteiger charge is 2.59. The van der Waals surface area contributed by atoms with Crippen molar-refractivity contribution in [2.45, 2.75) is 63.7 Å². The standard InChI is InChI=1S/C13H24BNO4/c1-8(2)16-7-13-6-15(5)19-10(12(14)18-13)11(13)17-9(3)4/h8-12H,6-7H2,1-5H3/t10-,11?,12+,13-/m0/s1. The second kappa shape index (κ2) is 5.70. The van der Waals surface area contributed by atoms with Crippen molar-refractivity contribution in [3.8, 4) is 0 Å². The first-order valence-electron chi connectivity index (χ1n) is 6.92. The lowest BCUT2D eigenvalue weighted by atomic mass is 9.88. The lowest BCUT2D eigenvalue weighted by Crippen LogP contribution is -2.61. The molecule has 0 aliphatic carbocycles. The summed E-state index contributed by atoms with van der Waals surface area (Å²) in [5.41, 5.74) is -0.550. The van der Waals surface area contributed by atoms with Crippen LogP contribution in [0.2, 0.25) is 0 Å². The Balaban J connectivity index is 2.18. The number of ether oxygens (including phenoxy) is 3. The topological polar surface area (TPSA) is 40.2 Å². The van der Waals surface area contributed by atoms with E-state index in [2.05, 4.69) is 0 Å². The zero-order chi connectivity index (χ0) is 14.2. The van der Waals surface area contributed by atoms with Gasteiger partial charge in [0, 0.05) is 13.1 Å². The Labute approximate surface area is 116 Å². The van der Waals surface area contributed by atoms with Gasteiger partial charge in [-0.05, 0) is 27.7 Å². The Hall–Kier alpha value is -0.135. The lowest BCUT2D eigenvalue weighted by Gasteiger charge is -2.43. The van der Waals surface area contributed by atoms with E-state index in [-0.39, 0.29) is 24.4 Å². The zero-order valence-electron chi connectivity index (χ0n) is 12.5. The smallest absolute Gasteiger partial charge is 0.134 e. The van der Waals surface area contributed by atoms with Crippen LogP contribution in [0.15, 0.2) is 0 Å². The fourth-order valence-corrected chi connectivity index (χ4v) is 2.71. The molecule has 0 N–H and O–H groups in total. The quantitative estimate of drug-likeness (QED) is 0.688. The second-order valence-electron chi connectivity index (χ2n) is 5.97. The number of hydrogen-bond donors (Lipinski definition) is 0. The van der Waals surface area contributed by atoms with Gasteiger partial charge in [-0.3, -0.25) is 4.84 Å². The molecule has 108 valence electrons. The Morgan fingerprint density at radius 1 is 1.32 bits per heavy atom. The molecule has 2 aliphatic heterocycles. The van der Waals surface area contributed by atoms with E-state index in [1.54, 1.807) is 5.06 Å². The van der Waals surface area contributed by atoms with Gasteiger partial charge in [-0.2, -0.15) is 5.06 Å². The summed E-state index contributed by atoms with van der Waals surface area (Å²) >= 11 is 0. The number of hydroxylamine groups is 2. The molecular weight excluding hydrogens is 245 g/mol. The van der Waals surface area contributed by atoms with Crippen LogP contribution >= 0.6 is 0 Å². The van der Waals surface area contributed by atoms with Crippen LogP contribution < -0.4 is 0 Å². The van der Waals surface area contributed by atoms with Crippen LogP contribution in [0.5, 0.6) is 0 Å². The molecular formula is C13H24BNO4. The Kier molecular flexibility index (Phi) is 4.57. The summed E-state index contributed by atoms with van der Waals surface area (Å²) in [6, 6.07) is -0.482. The Bertz CT molecular complexity index is 311. The van der Waals surface area contributed by atoms with Crippen molar-refractivity contribution >= 4 is 7.85 Å². The minimum absolute atomic E-state index is 0.0897. The van der Waals surface area contributed by atoms with Crippen molar-refractivity contribution in [1.29, 1.82) is 0 Å². The molecule has 1 unspecified atom stereocenters. The van der Waals surface area contributed by atoms with Crippen molar-refractivity contribution in [3.05, 3.63) is 0 Å². The molecule has 0 saturated carbocycles. The first-order valence-corrected chi connectivity index (χ1v) is 6.92. The third kappa shape index (κ3) is 3.14. The number of rotatable bonds is 5. The number of fused-ring (bicyclic) bond motifs is 2. The predicted molar refractivity (Wildman–Crippen MR) is 72.0 cm³/mol. The van der Waals surface area contributed by atoms with Crippen LogP contribution in [0, 0.1) is 0 Å². The van der Waals surface area contributed by atoms with Crippen molar-refractivity contribution in [2.75, 3.05) is 20.2 Å². The van der Waals surface area contributed by atoms with Crippen LogP contribution in [0.4, 0.5) is 0 Å². The largest absolute Gasteiger partial charge is 0.376 e. The maximum Gasteiger partial charge on any atom is 0.134 e. The average molecular weight is 269 g/mol. The minimum Gasteiger partial charge on any atom is -0.376 e.